The number of nitrogens with zero attached hydrogens (tertiary/aromatic N) is 4. The summed E-state index contributed by atoms with van der Waals surface area (Å²) in [7, 11) is -2.13. The molecule has 0 saturated heterocycles. The van der Waals surface area contributed by atoms with Crippen LogP contribution in [0, 0.1) is 0 Å². The highest BCUT2D eigenvalue weighted by Gasteiger charge is 2.22. The van der Waals surface area contributed by atoms with Gasteiger partial charge >= 0.3 is 0 Å². The van der Waals surface area contributed by atoms with Gasteiger partial charge in [-0.05, 0) is 36.4 Å². The molecule has 10 heteroatoms. The highest BCUT2D eigenvalue weighted by molar-refractivity contribution is 7.90. The number of rotatable bonds is 4. The summed E-state index contributed by atoms with van der Waals surface area (Å²) in [6.07, 6.45) is 1.04. The van der Waals surface area contributed by atoms with Crippen molar-refractivity contribution in [3.63, 3.8) is 0 Å². The van der Waals surface area contributed by atoms with Gasteiger partial charge < -0.3 is 10.5 Å². The summed E-state index contributed by atoms with van der Waals surface area (Å²) in [4.78, 5) is 8.42. The van der Waals surface area contributed by atoms with E-state index in [4.69, 9.17) is 22.1 Å². The number of sulfone groups is 1. The Labute approximate surface area is 171 Å². The number of hydrogen-bond donors (Lipinski definition) is 1. The molecule has 0 bridgehead atoms. The Kier molecular flexibility index (Phi) is 4.64. The number of nitrogen functional groups attached to an aromatic ring is 1. The van der Waals surface area contributed by atoms with Crippen LogP contribution in [-0.2, 0) is 9.84 Å². The van der Waals surface area contributed by atoms with E-state index in [1.54, 1.807) is 55.6 Å². The van der Waals surface area contributed by atoms with Gasteiger partial charge in [0.05, 0.1) is 23.9 Å². The summed E-state index contributed by atoms with van der Waals surface area (Å²) in [5.74, 6) is 0.874. The Morgan fingerprint density at radius 2 is 1.83 bits per heavy atom. The highest BCUT2D eigenvalue weighted by atomic mass is 35.5. The molecular formula is C19H16ClN5O3S. The number of hydrogen-bond acceptors (Lipinski definition) is 7. The van der Waals surface area contributed by atoms with Gasteiger partial charge in [0, 0.05) is 16.8 Å². The largest absolute Gasteiger partial charge is 0.497 e. The van der Waals surface area contributed by atoms with E-state index in [0.29, 0.717) is 33.1 Å². The van der Waals surface area contributed by atoms with Crippen molar-refractivity contribution in [2.24, 2.45) is 0 Å². The first-order valence-corrected chi connectivity index (χ1v) is 10.7. The SMILES string of the molecule is COc1cccc(-c2nc(S(C)(=O)=O)nc3nn(-c4ccc(Cl)cc4)c(N)c23)c1. The van der Waals surface area contributed by atoms with Crippen LogP contribution in [0.2, 0.25) is 5.02 Å². The van der Waals surface area contributed by atoms with Crippen molar-refractivity contribution in [1.29, 1.82) is 0 Å². The summed E-state index contributed by atoms with van der Waals surface area (Å²) in [6, 6.07) is 14.0. The van der Waals surface area contributed by atoms with Crippen LogP contribution in [0.25, 0.3) is 28.0 Å². The van der Waals surface area contributed by atoms with Crippen molar-refractivity contribution in [3.8, 4) is 22.7 Å². The Balaban J connectivity index is 2.05. The Hall–Kier alpha value is -3.17. The van der Waals surface area contributed by atoms with Gasteiger partial charge in [0.1, 0.15) is 11.6 Å². The molecule has 0 aliphatic carbocycles. The third-order valence-corrected chi connectivity index (χ3v) is 5.39. The zero-order valence-electron chi connectivity index (χ0n) is 15.5. The lowest BCUT2D eigenvalue weighted by atomic mass is 10.1. The zero-order valence-corrected chi connectivity index (χ0v) is 17.1. The monoisotopic (exact) mass is 429 g/mol. The highest BCUT2D eigenvalue weighted by Crippen LogP contribution is 2.34. The number of halogens is 1. The molecule has 8 nitrogen and oxygen atoms in total. The van der Waals surface area contributed by atoms with E-state index < -0.39 is 9.84 Å². The smallest absolute Gasteiger partial charge is 0.249 e. The molecule has 0 unspecified atom stereocenters. The number of nitrogens with two attached hydrogens (primary N) is 1. The maximum Gasteiger partial charge on any atom is 0.249 e. The minimum Gasteiger partial charge on any atom is -0.497 e. The van der Waals surface area contributed by atoms with Crippen LogP contribution < -0.4 is 10.5 Å². The van der Waals surface area contributed by atoms with Crippen LogP contribution in [0.4, 0.5) is 5.82 Å². The van der Waals surface area contributed by atoms with Crippen molar-refractivity contribution in [1.82, 2.24) is 19.7 Å². The van der Waals surface area contributed by atoms with Crippen LogP contribution in [0.3, 0.4) is 0 Å². The van der Waals surface area contributed by atoms with Crippen molar-refractivity contribution in [2.75, 3.05) is 19.1 Å². The Bertz CT molecular complexity index is 1330. The van der Waals surface area contributed by atoms with Crippen molar-refractivity contribution in [2.45, 2.75) is 5.16 Å². The van der Waals surface area contributed by atoms with Crippen molar-refractivity contribution >= 4 is 38.3 Å². The normalized spacial score (nSPS) is 11.7. The minimum absolute atomic E-state index is 0.172. The van der Waals surface area contributed by atoms with Gasteiger partial charge in [-0.1, -0.05) is 23.7 Å². The molecule has 0 amide bonds. The molecule has 0 spiro atoms. The van der Waals surface area contributed by atoms with Gasteiger partial charge in [-0.15, -0.1) is 5.10 Å². The fourth-order valence-corrected chi connectivity index (χ4v) is 3.55. The molecule has 0 fully saturated rings. The van der Waals surface area contributed by atoms with Crippen LogP contribution in [0.15, 0.2) is 53.7 Å². The molecule has 29 heavy (non-hydrogen) atoms. The molecule has 2 aromatic heterocycles. The maximum atomic E-state index is 12.2. The fraction of sp³-hybridized carbons (Fsp3) is 0.105. The van der Waals surface area contributed by atoms with E-state index >= 15 is 0 Å². The van der Waals surface area contributed by atoms with Crippen molar-refractivity contribution < 1.29 is 13.2 Å². The second kappa shape index (κ2) is 7.02. The molecule has 0 saturated carbocycles. The molecule has 0 radical (unpaired) electrons. The zero-order chi connectivity index (χ0) is 20.8. The number of anilines is 1. The molecule has 2 aromatic carbocycles. The Morgan fingerprint density at radius 3 is 2.48 bits per heavy atom. The first kappa shape index (κ1) is 19.2. The maximum absolute atomic E-state index is 12.2. The summed E-state index contributed by atoms with van der Waals surface area (Å²) in [5, 5.41) is 5.10. The number of methoxy groups -OCH3 is 1. The molecule has 4 rings (SSSR count). The van der Waals surface area contributed by atoms with Gasteiger partial charge in [0.15, 0.2) is 5.65 Å². The van der Waals surface area contributed by atoms with E-state index in [2.05, 4.69) is 15.1 Å². The third kappa shape index (κ3) is 3.50. The van der Waals surface area contributed by atoms with Gasteiger partial charge in [-0.25, -0.2) is 18.1 Å². The van der Waals surface area contributed by atoms with E-state index in [9.17, 15) is 8.42 Å². The van der Waals surface area contributed by atoms with Crippen LogP contribution in [0.1, 0.15) is 0 Å². The predicted molar refractivity (Wildman–Crippen MR) is 111 cm³/mol. The number of ether oxygens (including phenoxy) is 1. The lowest BCUT2D eigenvalue weighted by Gasteiger charge is -2.08. The van der Waals surface area contributed by atoms with Crippen LogP contribution in [0.5, 0.6) is 5.75 Å². The molecule has 2 N–H and O–H groups in total. The van der Waals surface area contributed by atoms with E-state index in [1.165, 1.54) is 4.68 Å². The minimum atomic E-state index is -3.68. The number of benzene rings is 2. The average Bonchev–Trinajstić information content (AvgIpc) is 3.04. The van der Waals surface area contributed by atoms with Gasteiger partial charge in [-0.3, -0.25) is 0 Å². The second-order valence-corrected chi connectivity index (χ2v) is 8.68. The molecular weight excluding hydrogens is 414 g/mol. The molecule has 0 aliphatic rings. The molecule has 2 heterocycles. The predicted octanol–water partition coefficient (Wildman–Crippen LogP) is 3.13. The first-order chi connectivity index (χ1) is 13.8. The van der Waals surface area contributed by atoms with Gasteiger partial charge in [-0.2, -0.15) is 4.98 Å². The molecule has 0 atom stereocenters. The lowest BCUT2D eigenvalue weighted by molar-refractivity contribution is 0.415. The standard InChI is InChI=1S/C19H16ClN5O3S/c1-28-14-5-3-4-11(10-14)16-15-17(21)25(13-8-6-12(20)7-9-13)24-18(15)23-19(22-16)29(2,26)27/h3-10H,21H2,1-2H3. The average molecular weight is 430 g/mol. The third-order valence-electron chi connectivity index (χ3n) is 4.29. The lowest BCUT2D eigenvalue weighted by Crippen LogP contribution is -2.06. The summed E-state index contributed by atoms with van der Waals surface area (Å²) in [6.45, 7) is 0. The summed E-state index contributed by atoms with van der Waals surface area (Å²) < 4.78 is 31.1. The topological polar surface area (TPSA) is 113 Å². The quantitative estimate of drug-likeness (QED) is 0.496. The first-order valence-electron chi connectivity index (χ1n) is 8.44. The van der Waals surface area contributed by atoms with E-state index in [-0.39, 0.29) is 16.6 Å². The van der Waals surface area contributed by atoms with Crippen molar-refractivity contribution in [3.05, 3.63) is 53.6 Å². The van der Waals surface area contributed by atoms with Crippen LogP contribution >= 0.6 is 11.6 Å². The molecule has 0 aliphatic heterocycles. The summed E-state index contributed by atoms with van der Waals surface area (Å²) in [5.41, 5.74) is 8.19. The van der Waals surface area contributed by atoms with Gasteiger partial charge in [0.25, 0.3) is 0 Å². The van der Waals surface area contributed by atoms with E-state index in [1.807, 2.05) is 0 Å². The van der Waals surface area contributed by atoms with Crippen LogP contribution in [-0.4, -0.2) is 41.5 Å². The Morgan fingerprint density at radius 1 is 1.10 bits per heavy atom. The molecule has 148 valence electrons. The second-order valence-electron chi connectivity index (χ2n) is 6.33. The number of fused-ring (bicyclic) bond motifs is 1. The summed E-state index contributed by atoms with van der Waals surface area (Å²) >= 11 is 5.96. The molecule has 4 aromatic rings. The van der Waals surface area contributed by atoms with E-state index in [0.717, 1.165) is 6.26 Å². The van der Waals surface area contributed by atoms with Gasteiger partial charge in [0.2, 0.25) is 15.0 Å². The fourth-order valence-electron chi connectivity index (χ4n) is 2.92. The number of aromatic nitrogens is 4.